The first-order valence-corrected chi connectivity index (χ1v) is 6.63. The smallest absolute Gasteiger partial charge is 0.122 e. The van der Waals surface area contributed by atoms with E-state index < -0.39 is 0 Å². The number of benzene rings is 1. The molecule has 4 nitrogen and oxygen atoms in total. The van der Waals surface area contributed by atoms with Crippen molar-refractivity contribution in [3.63, 3.8) is 0 Å². The molecule has 0 saturated carbocycles. The summed E-state index contributed by atoms with van der Waals surface area (Å²) in [4.78, 5) is 0. The van der Waals surface area contributed by atoms with E-state index in [-0.39, 0.29) is 12.1 Å². The van der Waals surface area contributed by atoms with Gasteiger partial charge >= 0.3 is 0 Å². The molecule has 0 aliphatic rings. The molecule has 0 radical (unpaired) electrons. The molecule has 1 aromatic carbocycles. The molecule has 2 unspecified atom stereocenters. The normalized spacial score (nSPS) is 13.9. The van der Waals surface area contributed by atoms with Crippen molar-refractivity contribution < 1.29 is 14.2 Å². The lowest BCUT2D eigenvalue weighted by Gasteiger charge is -2.26. The van der Waals surface area contributed by atoms with Crippen molar-refractivity contribution in [1.29, 1.82) is 0 Å². The van der Waals surface area contributed by atoms with E-state index in [1.807, 2.05) is 25.2 Å². The molecule has 0 fully saturated rings. The maximum absolute atomic E-state index is 5.60. The zero-order valence-corrected chi connectivity index (χ0v) is 12.5. The highest BCUT2D eigenvalue weighted by Crippen LogP contribution is 2.29. The van der Waals surface area contributed by atoms with Crippen LogP contribution in [0.2, 0.25) is 0 Å². The van der Waals surface area contributed by atoms with Gasteiger partial charge in [-0.1, -0.05) is 13.3 Å². The highest BCUT2D eigenvalue weighted by Gasteiger charge is 2.22. The molecule has 1 rings (SSSR count). The fraction of sp³-hybridized carbons (Fsp3) is 0.600. The molecule has 0 aliphatic carbocycles. The first-order chi connectivity index (χ1) is 9.19. The predicted molar refractivity (Wildman–Crippen MR) is 77.1 cm³/mol. The topological polar surface area (TPSA) is 39.7 Å². The third-order valence-electron chi connectivity index (χ3n) is 3.29. The molecular formula is C15H25NO3. The van der Waals surface area contributed by atoms with Crippen molar-refractivity contribution >= 4 is 0 Å². The van der Waals surface area contributed by atoms with Crippen molar-refractivity contribution in [2.75, 3.05) is 28.4 Å². The molecule has 0 amide bonds. The Kier molecular flexibility index (Phi) is 6.67. The van der Waals surface area contributed by atoms with Gasteiger partial charge in [-0.15, -0.1) is 0 Å². The zero-order valence-electron chi connectivity index (χ0n) is 12.5. The van der Waals surface area contributed by atoms with Gasteiger partial charge in [0.1, 0.15) is 11.5 Å². The number of likely N-dealkylation sites (N-methyl/N-ethyl adjacent to an activating group) is 1. The molecule has 0 saturated heterocycles. The number of hydrogen-bond donors (Lipinski definition) is 1. The summed E-state index contributed by atoms with van der Waals surface area (Å²) < 4.78 is 16.2. The van der Waals surface area contributed by atoms with Gasteiger partial charge in [-0.3, -0.25) is 0 Å². The lowest BCUT2D eigenvalue weighted by atomic mass is 9.97. The molecule has 0 aromatic heterocycles. The third kappa shape index (κ3) is 4.11. The van der Waals surface area contributed by atoms with Crippen molar-refractivity contribution in [2.45, 2.75) is 31.9 Å². The fourth-order valence-corrected chi connectivity index (χ4v) is 2.28. The third-order valence-corrected chi connectivity index (χ3v) is 3.29. The van der Waals surface area contributed by atoms with Crippen LogP contribution in [0.5, 0.6) is 11.5 Å². The van der Waals surface area contributed by atoms with Crippen LogP contribution in [0.15, 0.2) is 18.2 Å². The van der Waals surface area contributed by atoms with Crippen LogP contribution in [-0.2, 0) is 4.74 Å². The number of methoxy groups -OCH3 is 3. The first kappa shape index (κ1) is 15.8. The molecule has 4 heteroatoms. The minimum Gasteiger partial charge on any atom is -0.497 e. The van der Waals surface area contributed by atoms with Crippen molar-refractivity contribution in [3.05, 3.63) is 23.8 Å². The van der Waals surface area contributed by atoms with Crippen molar-refractivity contribution in [1.82, 2.24) is 5.32 Å². The highest BCUT2D eigenvalue weighted by molar-refractivity contribution is 5.40. The Morgan fingerprint density at radius 3 is 2.00 bits per heavy atom. The molecule has 0 aliphatic heterocycles. The second kappa shape index (κ2) is 8.02. The van der Waals surface area contributed by atoms with Crippen LogP contribution in [-0.4, -0.2) is 34.5 Å². The van der Waals surface area contributed by atoms with Crippen molar-refractivity contribution in [3.8, 4) is 11.5 Å². The van der Waals surface area contributed by atoms with Gasteiger partial charge < -0.3 is 19.5 Å². The van der Waals surface area contributed by atoms with E-state index in [0.29, 0.717) is 0 Å². The van der Waals surface area contributed by atoms with Gasteiger partial charge in [0.05, 0.1) is 26.4 Å². The van der Waals surface area contributed by atoms with E-state index in [0.717, 1.165) is 29.9 Å². The summed E-state index contributed by atoms with van der Waals surface area (Å²) in [6, 6.07) is 6.03. The molecule has 19 heavy (non-hydrogen) atoms. The van der Waals surface area contributed by atoms with Gasteiger partial charge in [0.15, 0.2) is 0 Å². The van der Waals surface area contributed by atoms with Gasteiger partial charge in [0, 0.05) is 13.2 Å². The van der Waals surface area contributed by atoms with Gasteiger partial charge in [-0.25, -0.2) is 0 Å². The second-order valence-corrected chi connectivity index (χ2v) is 4.48. The summed E-state index contributed by atoms with van der Waals surface area (Å²) in [5.74, 6) is 1.59. The Balaban J connectivity index is 3.08. The zero-order chi connectivity index (χ0) is 14.3. The van der Waals surface area contributed by atoms with Gasteiger partial charge in [-0.2, -0.15) is 0 Å². The Bertz CT molecular complexity index is 359. The fourth-order valence-electron chi connectivity index (χ4n) is 2.28. The maximum atomic E-state index is 5.60. The van der Waals surface area contributed by atoms with E-state index in [9.17, 15) is 0 Å². The van der Waals surface area contributed by atoms with Crippen LogP contribution in [0.25, 0.3) is 0 Å². The Hall–Kier alpha value is -1.26. The monoisotopic (exact) mass is 267 g/mol. The highest BCUT2D eigenvalue weighted by atomic mass is 16.5. The van der Waals surface area contributed by atoms with E-state index in [4.69, 9.17) is 14.2 Å². The molecule has 1 aromatic rings. The van der Waals surface area contributed by atoms with Crippen LogP contribution in [0.1, 0.15) is 31.4 Å². The Morgan fingerprint density at radius 1 is 1.05 bits per heavy atom. The summed E-state index contributed by atoms with van der Waals surface area (Å²) in [5, 5.41) is 3.32. The van der Waals surface area contributed by atoms with E-state index in [1.165, 1.54) is 0 Å². The number of rotatable bonds is 8. The van der Waals surface area contributed by atoms with Gasteiger partial charge in [0.2, 0.25) is 0 Å². The lowest BCUT2D eigenvalue weighted by Crippen LogP contribution is -2.31. The quantitative estimate of drug-likeness (QED) is 0.786. The summed E-state index contributed by atoms with van der Waals surface area (Å²) in [6.45, 7) is 2.16. The van der Waals surface area contributed by atoms with Crippen molar-refractivity contribution in [2.24, 2.45) is 0 Å². The van der Waals surface area contributed by atoms with E-state index in [1.54, 1.807) is 21.3 Å². The molecule has 0 heterocycles. The molecule has 0 bridgehead atoms. The van der Waals surface area contributed by atoms with Crippen LogP contribution in [0.4, 0.5) is 0 Å². The minimum absolute atomic E-state index is 0.119. The standard InChI is InChI=1S/C15H25NO3/c1-6-7-14(19-5)15(16-2)11-8-12(17-3)10-13(9-11)18-4/h8-10,14-16H,6-7H2,1-5H3. The summed E-state index contributed by atoms with van der Waals surface area (Å²) >= 11 is 0. The summed E-state index contributed by atoms with van der Waals surface area (Å²) in [6.07, 6.45) is 2.21. The molecule has 1 N–H and O–H groups in total. The number of ether oxygens (including phenoxy) is 3. The summed E-state index contributed by atoms with van der Waals surface area (Å²) in [7, 11) is 7.01. The largest absolute Gasteiger partial charge is 0.497 e. The Morgan fingerprint density at radius 2 is 1.63 bits per heavy atom. The minimum atomic E-state index is 0.119. The second-order valence-electron chi connectivity index (χ2n) is 4.48. The molecule has 108 valence electrons. The van der Waals surface area contributed by atoms with Crippen LogP contribution >= 0.6 is 0 Å². The molecule has 0 spiro atoms. The SMILES string of the molecule is CCCC(OC)C(NC)c1cc(OC)cc(OC)c1. The van der Waals surface area contributed by atoms with E-state index in [2.05, 4.69) is 12.2 Å². The van der Waals surface area contributed by atoms with Crippen LogP contribution < -0.4 is 14.8 Å². The van der Waals surface area contributed by atoms with E-state index >= 15 is 0 Å². The summed E-state index contributed by atoms with van der Waals surface area (Å²) in [5.41, 5.74) is 1.11. The molecular weight excluding hydrogens is 242 g/mol. The average molecular weight is 267 g/mol. The average Bonchev–Trinajstić information content (AvgIpc) is 2.46. The van der Waals surface area contributed by atoms with Crippen LogP contribution in [0.3, 0.4) is 0 Å². The van der Waals surface area contributed by atoms with Gasteiger partial charge in [0.25, 0.3) is 0 Å². The van der Waals surface area contributed by atoms with Crippen LogP contribution in [0, 0.1) is 0 Å². The first-order valence-electron chi connectivity index (χ1n) is 6.63. The predicted octanol–water partition coefficient (Wildman–Crippen LogP) is 2.78. The number of hydrogen-bond acceptors (Lipinski definition) is 4. The Labute approximate surface area is 116 Å². The maximum Gasteiger partial charge on any atom is 0.122 e. The lowest BCUT2D eigenvalue weighted by molar-refractivity contribution is 0.0629. The number of nitrogens with one attached hydrogen (secondary N) is 1. The molecule has 2 atom stereocenters. The van der Waals surface area contributed by atoms with Gasteiger partial charge in [-0.05, 0) is 31.2 Å².